The minimum absolute atomic E-state index is 0.0155. The molecule has 0 unspecified atom stereocenters. The molecule has 0 atom stereocenters. The van der Waals surface area contributed by atoms with Gasteiger partial charge < -0.3 is 4.90 Å². The summed E-state index contributed by atoms with van der Waals surface area (Å²) in [6, 6.07) is 8.26. The molecule has 170 valence electrons. The fraction of sp³-hybridized carbons (Fsp3) is 0.440. The Hall–Kier alpha value is -2.58. The molecule has 33 heavy (non-hydrogen) atoms. The van der Waals surface area contributed by atoms with Crippen LogP contribution in [-0.4, -0.2) is 38.4 Å². The van der Waals surface area contributed by atoms with Gasteiger partial charge in [0, 0.05) is 36.9 Å². The molecule has 1 fully saturated rings. The zero-order valence-electron chi connectivity index (χ0n) is 18.5. The lowest BCUT2D eigenvalue weighted by Crippen LogP contribution is -2.38. The Morgan fingerprint density at radius 3 is 2.76 bits per heavy atom. The summed E-state index contributed by atoms with van der Waals surface area (Å²) in [7, 11) is 0. The molecule has 2 aliphatic rings. The summed E-state index contributed by atoms with van der Waals surface area (Å²) in [5, 5.41) is 1.98. The van der Waals surface area contributed by atoms with Crippen LogP contribution >= 0.6 is 22.7 Å². The number of benzene rings is 1. The maximum Gasteiger partial charge on any atom is 0.262 e. The molecule has 3 aromatic heterocycles. The van der Waals surface area contributed by atoms with Gasteiger partial charge in [0.2, 0.25) is 5.91 Å². The second kappa shape index (κ2) is 8.65. The lowest BCUT2D eigenvalue weighted by atomic mass is 9.97. The highest BCUT2D eigenvalue weighted by Gasteiger charge is 2.26. The molecule has 0 N–H and O–H groups in total. The number of rotatable bonds is 4. The van der Waals surface area contributed by atoms with E-state index in [0.29, 0.717) is 18.9 Å². The van der Waals surface area contributed by atoms with E-state index in [9.17, 15) is 9.59 Å². The van der Waals surface area contributed by atoms with Crippen LogP contribution in [0.5, 0.6) is 0 Å². The fourth-order valence-corrected chi connectivity index (χ4v) is 7.51. The number of carbonyl (C=O) groups is 1. The van der Waals surface area contributed by atoms with Gasteiger partial charge in [-0.25, -0.2) is 9.97 Å². The van der Waals surface area contributed by atoms with Gasteiger partial charge in [0.15, 0.2) is 0 Å². The fourth-order valence-electron chi connectivity index (χ4n) is 5.16. The van der Waals surface area contributed by atoms with E-state index in [4.69, 9.17) is 4.98 Å². The van der Waals surface area contributed by atoms with E-state index in [1.165, 1.54) is 26.6 Å². The van der Waals surface area contributed by atoms with Crippen molar-refractivity contribution in [2.75, 3.05) is 13.1 Å². The number of hydrogen-bond donors (Lipinski definition) is 0. The van der Waals surface area contributed by atoms with E-state index >= 15 is 0 Å². The molecule has 6 nitrogen and oxygen atoms in total. The Bertz CT molecular complexity index is 1360. The second-order valence-corrected chi connectivity index (χ2v) is 11.2. The second-order valence-electron chi connectivity index (χ2n) is 9.06. The normalized spacial score (nSPS) is 17.0. The van der Waals surface area contributed by atoms with Crippen LogP contribution < -0.4 is 5.56 Å². The SMILES string of the molecule is O=C(CCn1cnc2sc3c(c2c1=O)CCCC3)N1CCC(c2nc3ccccc3s2)CC1. The standard InChI is InChI=1S/C25H26N4O2S2/c30-21(28-12-9-16(10-13-28)23-27-18-6-2-4-8-20(18)33-23)11-14-29-15-26-24-22(25(29)31)17-5-1-3-7-19(17)32-24/h2,4,6,8,15-16H,1,3,5,7,9-14H2. The number of hydrogen-bond acceptors (Lipinski definition) is 6. The lowest BCUT2D eigenvalue weighted by molar-refractivity contribution is -0.132. The van der Waals surface area contributed by atoms with Gasteiger partial charge in [-0.05, 0) is 56.2 Å². The highest BCUT2D eigenvalue weighted by Crippen LogP contribution is 2.35. The summed E-state index contributed by atoms with van der Waals surface area (Å²) >= 11 is 3.44. The number of carbonyl (C=O) groups excluding carboxylic acids is 1. The molecule has 0 spiro atoms. The molecule has 1 aliphatic carbocycles. The number of fused-ring (bicyclic) bond motifs is 4. The molecule has 0 bridgehead atoms. The van der Waals surface area contributed by atoms with E-state index in [1.807, 2.05) is 11.0 Å². The van der Waals surface area contributed by atoms with Crippen molar-refractivity contribution >= 4 is 49.0 Å². The minimum atomic E-state index is 0.0155. The van der Waals surface area contributed by atoms with E-state index < -0.39 is 0 Å². The molecule has 6 rings (SSSR count). The number of likely N-dealkylation sites (tertiary alicyclic amines) is 1. The summed E-state index contributed by atoms with van der Waals surface area (Å²) in [6.45, 7) is 1.90. The molecule has 1 saturated heterocycles. The largest absolute Gasteiger partial charge is 0.343 e. The number of aryl methyl sites for hydroxylation is 3. The van der Waals surface area contributed by atoms with Crippen LogP contribution in [0.15, 0.2) is 35.4 Å². The Morgan fingerprint density at radius 2 is 1.91 bits per heavy atom. The van der Waals surface area contributed by atoms with Crippen molar-refractivity contribution in [2.45, 2.75) is 57.4 Å². The average Bonchev–Trinajstić information content (AvgIpc) is 3.45. The Balaban J connectivity index is 1.10. The summed E-state index contributed by atoms with van der Waals surface area (Å²) in [5.41, 5.74) is 2.29. The molecule has 0 saturated carbocycles. The number of thiazole rings is 1. The van der Waals surface area contributed by atoms with Crippen LogP contribution in [0.1, 0.15) is 53.5 Å². The highest BCUT2D eigenvalue weighted by molar-refractivity contribution is 7.19. The number of piperidine rings is 1. The number of para-hydroxylation sites is 1. The molecular weight excluding hydrogens is 452 g/mol. The Morgan fingerprint density at radius 1 is 1.09 bits per heavy atom. The van der Waals surface area contributed by atoms with Gasteiger partial charge in [-0.3, -0.25) is 14.2 Å². The number of thiophene rings is 1. The first kappa shape index (κ1) is 21.0. The van der Waals surface area contributed by atoms with Crippen molar-refractivity contribution in [3.05, 3.63) is 56.4 Å². The molecule has 4 aromatic rings. The third-order valence-corrected chi connectivity index (χ3v) is 9.41. The Kier molecular flexibility index (Phi) is 5.50. The van der Waals surface area contributed by atoms with Gasteiger partial charge in [0.05, 0.1) is 26.9 Å². The van der Waals surface area contributed by atoms with Gasteiger partial charge in [0.1, 0.15) is 4.83 Å². The van der Waals surface area contributed by atoms with Gasteiger partial charge in [-0.2, -0.15) is 0 Å². The molecular formula is C25H26N4O2S2. The first-order valence-electron chi connectivity index (χ1n) is 11.8. The van der Waals surface area contributed by atoms with E-state index in [2.05, 4.69) is 23.2 Å². The zero-order valence-corrected chi connectivity index (χ0v) is 20.1. The lowest BCUT2D eigenvalue weighted by Gasteiger charge is -2.31. The molecule has 8 heteroatoms. The van der Waals surface area contributed by atoms with Crippen LogP contribution in [0.3, 0.4) is 0 Å². The van der Waals surface area contributed by atoms with E-state index in [-0.39, 0.29) is 11.5 Å². The van der Waals surface area contributed by atoms with E-state index in [0.717, 1.165) is 60.9 Å². The maximum atomic E-state index is 13.1. The first-order valence-corrected chi connectivity index (χ1v) is 13.4. The van der Waals surface area contributed by atoms with Gasteiger partial charge in [0.25, 0.3) is 5.56 Å². The first-order chi connectivity index (χ1) is 16.2. The smallest absolute Gasteiger partial charge is 0.262 e. The van der Waals surface area contributed by atoms with Crippen molar-refractivity contribution in [2.24, 2.45) is 0 Å². The van der Waals surface area contributed by atoms with Crippen LogP contribution in [0.4, 0.5) is 0 Å². The van der Waals surface area contributed by atoms with Gasteiger partial charge >= 0.3 is 0 Å². The maximum absolute atomic E-state index is 13.1. The predicted octanol–water partition coefficient (Wildman–Crippen LogP) is 4.74. The monoisotopic (exact) mass is 478 g/mol. The molecule has 4 heterocycles. The summed E-state index contributed by atoms with van der Waals surface area (Å²) < 4.78 is 2.87. The zero-order chi connectivity index (χ0) is 22.4. The summed E-state index contributed by atoms with van der Waals surface area (Å²) in [6.07, 6.45) is 8.21. The summed E-state index contributed by atoms with van der Waals surface area (Å²) in [5.74, 6) is 0.544. The van der Waals surface area contributed by atoms with Gasteiger partial charge in [-0.15, -0.1) is 22.7 Å². The molecule has 1 amide bonds. The number of amides is 1. The van der Waals surface area contributed by atoms with Crippen molar-refractivity contribution in [3.63, 3.8) is 0 Å². The predicted molar refractivity (Wildman–Crippen MR) is 133 cm³/mol. The molecule has 1 aliphatic heterocycles. The van der Waals surface area contributed by atoms with Crippen LogP contribution in [0.2, 0.25) is 0 Å². The topological polar surface area (TPSA) is 68.1 Å². The van der Waals surface area contributed by atoms with Crippen LogP contribution in [0.25, 0.3) is 20.4 Å². The quantitative estimate of drug-likeness (QED) is 0.425. The third kappa shape index (κ3) is 3.89. The van der Waals surface area contributed by atoms with Crippen molar-refractivity contribution in [3.8, 4) is 0 Å². The average molecular weight is 479 g/mol. The Labute approximate surface area is 199 Å². The molecule has 0 radical (unpaired) electrons. The third-order valence-electron chi connectivity index (χ3n) is 7.02. The van der Waals surface area contributed by atoms with E-state index in [1.54, 1.807) is 33.6 Å². The van der Waals surface area contributed by atoms with Crippen LogP contribution in [-0.2, 0) is 24.2 Å². The number of nitrogens with zero attached hydrogens (tertiary/aromatic N) is 4. The van der Waals surface area contributed by atoms with Gasteiger partial charge in [-0.1, -0.05) is 12.1 Å². The number of aromatic nitrogens is 3. The van der Waals surface area contributed by atoms with Crippen molar-refractivity contribution in [1.29, 1.82) is 0 Å². The summed E-state index contributed by atoms with van der Waals surface area (Å²) in [4.78, 5) is 39.5. The minimum Gasteiger partial charge on any atom is -0.343 e. The van der Waals surface area contributed by atoms with Crippen molar-refractivity contribution < 1.29 is 4.79 Å². The molecule has 1 aromatic carbocycles. The highest BCUT2D eigenvalue weighted by atomic mass is 32.1. The van der Waals surface area contributed by atoms with Crippen molar-refractivity contribution in [1.82, 2.24) is 19.4 Å². The van der Waals surface area contributed by atoms with Crippen LogP contribution in [0, 0.1) is 0 Å².